The zero-order valence-electron chi connectivity index (χ0n) is 19.1. The molecule has 1 heterocycles. The molecule has 1 unspecified atom stereocenters. The quantitative estimate of drug-likeness (QED) is 0.282. The highest BCUT2D eigenvalue weighted by molar-refractivity contribution is 8.00. The maximum Gasteiger partial charge on any atom is 0.269 e. The van der Waals surface area contributed by atoms with Gasteiger partial charge in [-0.15, -0.1) is 11.8 Å². The van der Waals surface area contributed by atoms with Crippen LogP contribution in [-0.2, 0) is 9.59 Å². The number of nitro groups is 1. The maximum absolute atomic E-state index is 12.6. The minimum absolute atomic E-state index is 0.0151. The number of benzene rings is 3. The summed E-state index contributed by atoms with van der Waals surface area (Å²) in [7, 11) is 0. The molecule has 0 bridgehead atoms. The van der Waals surface area contributed by atoms with E-state index < -0.39 is 16.1 Å². The van der Waals surface area contributed by atoms with Gasteiger partial charge in [0.1, 0.15) is 5.84 Å². The Bertz CT molecular complexity index is 1330. The second kappa shape index (κ2) is 10.8. The summed E-state index contributed by atoms with van der Waals surface area (Å²) in [5.74, 6) is -0.597. The lowest BCUT2D eigenvalue weighted by Gasteiger charge is -2.12. The molecule has 3 aromatic carbocycles. The van der Waals surface area contributed by atoms with Gasteiger partial charge in [0.2, 0.25) is 5.91 Å². The van der Waals surface area contributed by atoms with Crippen LogP contribution in [0.2, 0.25) is 0 Å². The molecule has 10 nitrogen and oxygen atoms in total. The third-order valence-electron chi connectivity index (χ3n) is 5.18. The number of amides is 3. The van der Waals surface area contributed by atoms with Gasteiger partial charge in [0.05, 0.1) is 22.3 Å². The first-order valence-corrected chi connectivity index (χ1v) is 11.8. The molecule has 3 aromatic rings. The number of rotatable bonds is 7. The number of non-ortho nitro benzene ring substituents is 1. The van der Waals surface area contributed by atoms with Crippen LogP contribution in [0.1, 0.15) is 23.7 Å². The van der Waals surface area contributed by atoms with Gasteiger partial charge in [-0.05, 0) is 55.5 Å². The van der Waals surface area contributed by atoms with Crippen LogP contribution in [-0.4, -0.2) is 33.7 Å². The van der Waals surface area contributed by atoms with Crippen LogP contribution in [0.25, 0.3) is 0 Å². The third kappa shape index (κ3) is 5.94. The molecule has 1 aliphatic heterocycles. The van der Waals surface area contributed by atoms with Gasteiger partial charge in [-0.3, -0.25) is 24.5 Å². The number of nitrogens with zero attached hydrogens (tertiary/aromatic N) is 3. The highest BCUT2D eigenvalue weighted by Crippen LogP contribution is 2.26. The molecule has 0 spiro atoms. The van der Waals surface area contributed by atoms with Crippen molar-refractivity contribution in [3.8, 4) is 0 Å². The molecule has 182 valence electrons. The van der Waals surface area contributed by atoms with Gasteiger partial charge in [-0.25, -0.2) is 0 Å². The molecule has 1 aliphatic rings. The Hall–Kier alpha value is -4.51. The highest BCUT2D eigenvalue weighted by atomic mass is 32.2. The number of para-hydroxylation sites is 1. The van der Waals surface area contributed by atoms with Crippen LogP contribution in [0, 0.1) is 10.1 Å². The summed E-state index contributed by atoms with van der Waals surface area (Å²) in [5.41, 5.74) is 1.38. The normalized spacial score (nSPS) is 13.6. The van der Waals surface area contributed by atoms with Gasteiger partial charge in [0.15, 0.2) is 0 Å². The third-order valence-corrected chi connectivity index (χ3v) is 6.29. The van der Waals surface area contributed by atoms with E-state index >= 15 is 0 Å². The first-order chi connectivity index (χ1) is 17.3. The number of hydrogen-bond donors (Lipinski definition) is 2. The van der Waals surface area contributed by atoms with Crippen LogP contribution in [0.3, 0.4) is 0 Å². The second-order valence-electron chi connectivity index (χ2n) is 7.80. The average Bonchev–Trinajstić information content (AvgIpc) is 3.25. The summed E-state index contributed by atoms with van der Waals surface area (Å²) in [4.78, 5) is 48.3. The lowest BCUT2D eigenvalue weighted by Crippen LogP contribution is -2.35. The molecular formula is C25H21N5O5S. The van der Waals surface area contributed by atoms with Gasteiger partial charge in [-0.1, -0.05) is 18.2 Å². The minimum Gasteiger partial charge on any atom is -0.322 e. The molecule has 0 aromatic heterocycles. The summed E-state index contributed by atoms with van der Waals surface area (Å²) in [6, 6.07) is 21.3. The fourth-order valence-electron chi connectivity index (χ4n) is 3.33. The largest absolute Gasteiger partial charge is 0.322 e. The predicted octanol–water partition coefficient (Wildman–Crippen LogP) is 4.19. The highest BCUT2D eigenvalue weighted by Gasteiger charge is 2.27. The lowest BCUT2D eigenvalue weighted by atomic mass is 10.2. The van der Waals surface area contributed by atoms with Crippen LogP contribution >= 0.6 is 11.8 Å². The Labute approximate surface area is 210 Å². The number of hydrogen-bond acceptors (Lipinski definition) is 7. The number of nitrogens with one attached hydrogen (secondary N) is 2. The van der Waals surface area contributed by atoms with Crippen LogP contribution in [0.4, 0.5) is 17.1 Å². The molecule has 1 atom stereocenters. The van der Waals surface area contributed by atoms with E-state index in [9.17, 15) is 24.5 Å². The maximum atomic E-state index is 12.6. The number of thioether (sulfide) groups is 1. The standard InChI is InChI=1S/C25H21N5O5S/c1-16(24(32)27-22-15-23(31)29(28-22)19-5-3-2-4-6-19)36-21-13-9-18(10-14-21)26-25(33)17-7-11-20(12-8-17)30(34)35/h2-14,16H,15H2,1H3,(H,26,33)(H,27,28,32). The summed E-state index contributed by atoms with van der Waals surface area (Å²) < 4.78 is 0. The van der Waals surface area contributed by atoms with Crippen molar-refractivity contribution in [3.05, 3.63) is 94.5 Å². The molecule has 0 fully saturated rings. The van der Waals surface area contributed by atoms with Crippen molar-refractivity contribution in [2.45, 2.75) is 23.5 Å². The summed E-state index contributed by atoms with van der Waals surface area (Å²) in [5, 5.41) is 21.2. The number of anilines is 2. The van der Waals surface area contributed by atoms with Crippen LogP contribution in [0.15, 0.2) is 88.9 Å². The molecule has 11 heteroatoms. The number of carbonyl (C=O) groups excluding carboxylic acids is 3. The Morgan fingerprint density at radius 3 is 2.31 bits per heavy atom. The van der Waals surface area contributed by atoms with Crippen molar-refractivity contribution in [3.63, 3.8) is 0 Å². The lowest BCUT2D eigenvalue weighted by molar-refractivity contribution is -0.384. The Balaban J connectivity index is 1.31. The van der Waals surface area contributed by atoms with Crippen LogP contribution in [0.5, 0.6) is 0 Å². The number of carbonyl (C=O) groups is 3. The summed E-state index contributed by atoms with van der Waals surface area (Å²) in [6.45, 7) is 1.75. The van der Waals surface area contributed by atoms with Crippen molar-refractivity contribution in [2.24, 2.45) is 5.10 Å². The number of hydrazone groups is 1. The van der Waals surface area contributed by atoms with Crippen molar-refractivity contribution in [2.75, 3.05) is 10.3 Å². The van der Waals surface area contributed by atoms with E-state index in [1.165, 1.54) is 41.0 Å². The summed E-state index contributed by atoms with van der Waals surface area (Å²) in [6.07, 6.45) is 0.0151. The molecule has 0 radical (unpaired) electrons. The van der Waals surface area contributed by atoms with Gasteiger partial charge in [0.25, 0.3) is 17.5 Å². The van der Waals surface area contributed by atoms with Gasteiger partial charge < -0.3 is 10.6 Å². The molecule has 4 rings (SSSR count). The van der Waals surface area contributed by atoms with Crippen molar-refractivity contribution < 1.29 is 19.3 Å². The molecule has 0 saturated carbocycles. The Morgan fingerprint density at radius 1 is 1.00 bits per heavy atom. The molecule has 2 N–H and O–H groups in total. The molecular weight excluding hydrogens is 482 g/mol. The van der Waals surface area contributed by atoms with Crippen molar-refractivity contribution in [1.82, 2.24) is 5.32 Å². The van der Waals surface area contributed by atoms with Gasteiger partial charge in [0, 0.05) is 28.3 Å². The van der Waals surface area contributed by atoms with Gasteiger partial charge in [-0.2, -0.15) is 10.1 Å². The summed E-state index contributed by atoms with van der Waals surface area (Å²) >= 11 is 1.32. The topological polar surface area (TPSA) is 134 Å². The fraction of sp³-hybridized carbons (Fsp3) is 0.120. The van der Waals surface area contributed by atoms with E-state index in [0.29, 0.717) is 22.8 Å². The first-order valence-electron chi connectivity index (χ1n) is 10.9. The fourth-order valence-corrected chi connectivity index (χ4v) is 4.19. The minimum atomic E-state index is -0.528. The molecule has 36 heavy (non-hydrogen) atoms. The zero-order chi connectivity index (χ0) is 25.7. The van der Waals surface area contributed by atoms with E-state index in [-0.39, 0.29) is 23.9 Å². The Kier molecular flexibility index (Phi) is 7.40. The average molecular weight is 504 g/mol. The van der Waals surface area contributed by atoms with Crippen molar-refractivity contribution in [1.29, 1.82) is 0 Å². The molecule has 0 saturated heterocycles. The predicted molar refractivity (Wildman–Crippen MR) is 137 cm³/mol. The van der Waals surface area contributed by atoms with E-state index in [1.807, 2.05) is 6.07 Å². The molecule has 0 aliphatic carbocycles. The first kappa shape index (κ1) is 24.6. The van der Waals surface area contributed by atoms with E-state index in [0.717, 1.165) is 4.90 Å². The van der Waals surface area contributed by atoms with Crippen LogP contribution < -0.4 is 15.6 Å². The zero-order valence-corrected chi connectivity index (χ0v) is 19.9. The number of nitro benzene ring substituents is 1. The second-order valence-corrected chi connectivity index (χ2v) is 9.21. The molecule has 3 amide bonds. The smallest absolute Gasteiger partial charge is 0.269 e. The van der Waals surface area contributed by atoms with Gasteiger partial charge >= 0.3 is 0 Å². The van der Waals surface area contributed by atoms with E-state index in [1.54, 1.807) is 55.5 Å². The van der Waals surface area contributed by atoms with E-state index in [2.05, 4.69) is 15.7 Å². The van der Waals surface area contributed by atoms with Crippen molar-refractivity contribution >= 4 is 52.4 Å². The Morgan fingerprint density at radius 2 is 1.67 bits per heavy atom. The van der Waals surface area contributed by atoms with E-state index in [4.69, 9.17) is 0 Å². The number of amidine groups is 1. The monoisotopic (exact) mass is 503 g/mol. The SMILES string of the molecule is CC(Sc1ccc(NC(=O)c2ccc([N+](=O)[O-])cc2)cc1)C(=O)NC1=NN(c2ccccc2)C(=O)C1.